The molecule has 0 aromatic carbocycles. The summed E-state index contributed by atoms with van der Waals surface area (Å²) in [5.74, 6) is 1.31. The van der Waals surface area contributed by atoms with Crippen molar-refractivity contribution in [1.82, 2.24) is 20.2 Å². The molecule has 1 fully saturated rings. The predicted molar refractivity (Wildman–Crippen MR) is 77.7 cm³/mol. The van der Waals surface area contributed by atoms with E-state index in [1.54, 1.807) is 30.7 Å². The van der Waals surface area contributed by atoms with Crippen molar-refractivity contribution in [2.24, 2.45) is 0 Å². The fourth-order valence-corrected chi connectivity index (χ4v) is 2.85. The first-order valence-corrected chi connectivity index (χ1v) is 7.25. The van der Waals surface area contributed by atoms with E-state index in [4.69, 9.17) is 4.74 Å². The van der Waals surface area contributed by atoms with Gasteiger partial charge in [0, 0.05) is 38.4 Å². The number of ether oxygens (including phenoxy) is 1. The third-order valence-electron chi connectivity index (χ3n) is 3.17. The van der Waals surface area contributed by atoms with Crippen LogP contribution in [0.15, 0.2) is 12.3 Å². The fraction of sp³-hybridized carbons (Fsp3) is 0.500. The second-order valence-corrected chi connectivity index (χ2v) is 5.64. The summed E-state index contributed by atoms with van der Waals surface area (Å²) in [4.78, 5) is 13.1. The molecule has 2 aromatic heterocycles. The predicted octanol–water partition coefficient (Wildman–Crippen LogP) is 0.972. The first kappa shape index (κ1) is 13.0. The maximum Gasteiger partial charge on any atom is 0.228 e. The molecular formula is C12H16N6OS. The minimum absolute atomic E-state index is 0.595. The molecule has 3 heterocycles. The van der Waals surface area contributed by atoms with Gasteiger partial charge in [-0.05, 0) is 6.92 Å². The molecule has 7 nitrogen and oxygen atoms in total. The topological polar surface area (TPSA) is 67.3 Å². The molecule has 0 N–H and O–H groups in total. The van der Waals surface area contributed by atoms with Gasteiger partial charge in [0.15, 0.2) is 0 Å². The zero-order chi connectivity index (χ0) is 13.9. The Morgan fingerprint density at radius 1 is 1.15 bits per heavy atom. The van der Waals surface area contributed by atoms with E-state index in [2.05, 4.69) is 30.0 Å². The number of rotatable bonds is 3. The summed E-state index contributed by atoms with van der Waals surface area (Å²) in [6, 6.07) is 1.75. The van der Waals surface area contributed by atoms with Gasteiger partial charge in [-0.2, -0.15) is 4.98 Å². The highest BCUT2D eigenvalue weighted by Crippen LogP contribution is 2.22. The minimum Gasteiger partial charge on any atom is -0.481 e. The average Bonchev–Trinajstić information content (AvgIpc) is 2.94. The van der Waals surface area contributed by atoms with Gasteiger partial charge in [-0.3, -0.25) is 0 Å². The molecule has 8 heteroatoms. The highest BCUT2D eigenvalue weighted by Gasteiger charge is 2.21. The number of hydrogen-bond donors (Lipinski definition) is 0. The van der Waals surface area contributed by atoms with Gasteiger partial charge >= 0.3 is 0 Å². The van der Waals surface area contributed by atoms with E-state index < -0.39 is 0 Å². The molecule has 0 atom stereocenters. The van der Waals surface area contributed by atoms with Crippen molar-refractivity contribution < 1.29 is 4.74 Å². The number of hydrogen-bond acceptors (Lipinski definition) is 8. The number of piperazine rings is 1. The smallest absolute Gasteiger partial charge is 0.228 e. The Balaban J connectivity index is 1.66. The van der Waals surface area contributed by atoms with Gasteiger partial charge in [-0.15, -0.1) is 10.2 Å². The van der Waals surface area contributed by atoms with Gasteiger partial charge in [0.1, 0.15) is 5.01 Å². The normalized spacial score (nSPS) is 15.5. The monoisotopic (exact) mass is 292 g/mol. The molecule has 0 saturated carbocycles. The summed E-state index contributed by atoms with van der Waals surface area (Å²) in [7, 11) is 1.61. The first-order valence-electron chi connectivity index (χ1n) is 6.43. The largest absolute Gasteiger partial charge is 0.481 e. The van der Waals surface area contributed by atoms with E-state index in [0.29, 0.717) is 5.88 Å². The lowest BCUT2D eigenvalue weighted by atomic mass is 10.3. The van der Waals surface area contributed by atoms with Crippen LogP contribution in [0.25, 0.3) is 0 Å². The Bertz CT molecular complexity index is 581. The lowest BCUT2D eigenvalue weighted by Gasteiger charge is -2.34. The third-order valence-corrected chi connectivity index (χ3v) is 4.07. The molecule has 1 saturated heterocycles. The molecule has 1 aliphatic heterocycles. The quantitative estimate of drug-likeness (QED) is 0.835. The molecule has 106 valence electrons. The summed E-state index contributed by atoms with van der Waals surface area (Å²) >= 11 is 1.63. The van der Waals surface area contributed by atoms with Crippen LogP contribution < -0.4 is 14.5 Å². The Labute approximate surface area is 121 Å². The van der Waals surface area contributed by atoms with Crippen molar-refractivity contribution in [1.29, 1.82) is 0 Å². The van der Waals surface area contributed by atoms with Gasteiger partial charge in [0.05, 0.1) is 7.11 Å². The standard InChI is InChI=1S/C12H16N6OS/c1-9-15-16-12(20-9)18-7-5-17(6-8-18)11-13-4-3-10(14-11)19-2/h3-4H,5-8H2,1-2H3. The molecule has 0 unspecified atom stereocenters. The van der Waals surface area contributed by atoms with Crippen LogP contribution in [-0.4, -0.2) is 53.5 Å². The van der Waals surface area contributed by atoms with Crippen LogP contribution in [0.1, 0.15) is 5.01 Å². The van der Waals surface area contributed by atoms with Crippen LogP contribution >= 0.6 is 11.3 Å². The summed E-state index contributed by atoms with van der Waals surface area (Å²) in [6.07, 6.45) is 1.72. The van der Waals surface area contributed by atoms with Gasteiger partial charge in [0.2, 0.25) is 17.0 Å². The number of nitrogens with zero attached hydrogens (tertiary/aromatic N) is 6. The van der Waals surface area contributed by atoms with E-state index in [1.165, 1.54) is 0 Å². The lowest BCUT2D eigenvalue weighted by molar-refractivity contribution is 0.396. The Morgan fingerprint density at radius 2 is 1.90 bits per heavy atom. The maximum atomic E-state index is 5.13. The molecular weight excluding hydrogens is 276 g/mol. The number of aryl methyl sites for hydroxylation is 1. The Kier molecular flexibility index (Phi) is 3.64. The second-order valence-electron chi connectivity index (χ2n) is 4.48. The van der Waals surface area contributed by atoms with Crippen molar-refractivity contribution in [2.45, 2.75) is 6.92 Å². The molecule has 0 bridgehead atoms. The van der Waals surface area contributed by atoms with Crippen molar-refractivity contribution in [2.75, 3.05) is 43.1 Å². The van der Waals surface area contributed by atoms with Crippen molar-refractivity contribution in [3.05, 3.63) is 17.3 Å². The van der Waals surface area contributed by atoms with Crippen LogP contribution in [0.4, 0.5) is 11.1 Å². The number of aromatic nitrogens is 4. The minimum atomic E-state index is 0.595. The average molecular weight is 292 g/mol. The van der Waals surface area contributed by atoms with E-state index in [9.17, 15) is 0 Å². The van der Waals surface area contributed by atoms with Gasteiger partial charge in [-0.1, -0.05) is 11.3 Å². The summed E-state index contributed by atoms with van der Waals surface area (Å²) < 4.78 is 5.13. The van der Waals surface area contributed by atoms with Crippen LogP contribution in [-0.2, 0) is 0 Å². The summed E-state index contributed by atoms with van der Waals surface area (Å²) in [5, 5.41) is 10.2. The van der Waals surface area contributed by atoms with Gasteiger partial charge in [-0.25, -0.2) is 4.98 Å². The lowest BCUT2D eigenvalue weighted by Crippen LogP contribution is -2.47. The molecule has 0 amide bonds. The fourth-order valence-electron chi connectivity index (χ4n) is 2.11. The number of methoxy groups -OCH3 is 1. The molecule has 3 rings (SSSR count). The zero-order valence-electron chi connectivity index (χ0n) is 11.5. The van der Waals surface area contributed by atoms with Crippen molar-refractivity contribution in [3.63, 3.8) is 0 Å². The van der Waals surface area contributed by atoms with E-state index in [0.717, 1.165) is 42.3 Å². The molecule has 20 heavy (non-hydrogen) atoms. The highest BCUT2D eigenvalue weighted by molar-refractivity contribution is 7.15. The van der Waals surface area contributed by atoms with Crippen LogP contribution in [0.5, 0.6) is 5.88 Å². The van der Waals surface area contributed by atoms with E-state index in [1.807, 2.05) is 6.92 Å². The second kappa shape index (κ2) is 5.58. The molecule has 0 aliphatic carbocycles. The van der Waals surface area contributed by atoms with Crippen molar-refractivity contribution in [3.8, 4) is 5.88 Å². The third kappa shape index (κ3) is 2.64. The van der Waals surface area contributed by atoms with Crippen LogP contribution in [0.2, 0.25) is 0 Å². The van der Waals surface area contributed by atoms with Crippen molar-refractivity contribution >= 4 is 22.4 Å². The number of anilines is 2. The highest BCUT2D eigenvalue weighted by atomic mass is 32.1. The van der Waals surface area contributed by atoms with E-state index >= 15 is 0 Å². The summed E-state index contributed by atoms with van der Waals surface area (Å²) in [6.45, 7) is 5.50. The molecule has 0 radical (unpaired) electrons. The van der Waals surface area contributed by atoms with Crippen LogP contribution in [0, 0.1) is 6.92 Å². The van der Waals surface area contributed by atoms with Crippen LogP contribution in [0.3, 0.4) is 0 Å². The molecule has 2 aromatic rings. The SMILES string of the molecule is COc1ccnc(N2CCN(c3nnc(C)s3)CC2)n1. The molecule has 1 aliphatic rings. The van der Waals surface area contributed by atoms with Gasteiger partial charge < -0.3 is 14.5 Å². The Hall–Kier alpha value is -1.96. The van der Waals surface area contributed by atoms with Gasteiger partial charge in [0.25, 0.3) is 0 Å². The maximum absolute atomic E-state index is 5.13. The molecule has 0 spiro atoms. The Morgan fingerprint density at radius 3 is 2.55 bits per heavy atom. The zero-order valence-corrected chi connectivity index (χ0v) is 12.3. The first-order chi connectivity index (χ1) is 9.76. The summed E-state index contributed by atoms with van der Waals surface area (Å²) in [5.41, 5.74) is 0. The van der Waals surface area contributed by atoms with E-state index in [-0.39, 0.29) is 0 Å².